The SMILES string of the molecule is CN(Cc1n[nH]c2c1CCCCC2)C(=O)Nc1ccc2c(c1)CC(=O)N2. The third kappa shape index (κ3) is 3.29. The van der Waals surface area contributed by atoms with Crippen LogP contribution in [0.2, 0.25) is 0 Å². The van der Waals surface area contributed by atoms with Crippen LogP contribution in [0, 0.1) is 0 Å². The summed E-state index contributed by atoms with van der Waals surface area (Å²) in [5, 5.41) is 13.3. The number of hydrogen-bond donors (Lipinski definition) is 3. The van der Waals surface area contributed by atoms with Gasteiger partial charge in [-0.25, -0.2) is 4.79 Å². The summed E-state index contributed by atoms with van der Waals surface area (Å²) in [5.41, 5.74) is 5.89. The van der Waals surface area contributed by atoms with Gasteiger partial charge in [-0.05, 0) is 55.0 Å². The predicted octanol–water partition coefficient (Wildman–Crippen LogP) is 2.84. The van der Waals surface area contributed by atoms with Crippen LogP contribution in [0.4, 0.5) is 16.2 Å². The van der Waals surface area contributed by atoms with E-state index in [1.165, 1.54) is 30.5 Å². The van der Waals surface area contributed by atoms with Crippen molar-refractivity contribution in [2.75, 3.05) is 17.7 Å². The van der Waals surface area contributed by atoms with Crippen molar-refractivity contribution in [2.24, 2.45) is 0 Å². The fraction of sp³-hybridized carbons (Fsp3) is 0.421. The van der Waals surface area contributed by atoms with Crippen LogP contribution in [0.5, 0.6) is 0 Å². The van der Waals surface area contributed by atoms with E-state index in [2.05, 4.69) is 20.8 Å². The highest BCUT2D eigenvalue weighted by atomic mass is 16.2. The summed E-state index contributed by atoms with van der Waals surface area (Å²) >= 11 is 0. The normalized spacial score (nSPS) is 15.7. The molecule has 1 aromatic carbocycles. The van der Waals surface area contributed by atoms with Gasteiger partial charge in [0.05, 0.1) is 18.7 Å². The summed E-state index contributed by atoms with van der Waals surface area (Å²) in [6, 6.07) is 5.28. The number of amides is 3. The smallest absolute Gasteiger partial charge is 0.321 e. The molecule has 2 heterocycles. The number of fused-ring (bicyclic) bond motifs is 2. The van der Waals surface area contributed by atoms with Crippen molar-refractivity contribution in [1.29, 1.82) is 0 Å². The first-order valence-corrected chi connectivity index (χ1v) is 9.10. The molecule has 2 aliphatic rings. The molecule has 0 fully saturated rings. The van der Waals surface area contributed by atoms with Gasteiger partial charge in [0.25, 0.3) is 0 Å². The third-order valence-electron chi connectivity index (χ3n) is 5.11. The van der Waals surface area contributed by atoms with Gasteiger partial charge in [-0.2, -0.15) is 5.10 Å². The number of benzene rings is 1. The van der Waals surface area contributed by atoms with Crippen LogP contribution in [-0.4, -0.2) is 34.1 Å². The number of nitrogens with one attached hydrogen (secondary N) is 3. The molecule has 0 saturated heterocycles. The lowest BCUT2D eigenvalue weighted by molar-refractivity contribution is -0.115. The van der Waals surface area contributed by atoms with Crippen LogP contribution in [-0.2, 0) is 30.6 Å². The van der Waals surface area contributed by atoms with E-state index in [0.717, 1.165) is 29.8 Å². The van der Waals surface area contributed by atoms with E-state index >= 15 is 0 Å². The van der Waals surface area contributed by atoms with Crippen molar-refractivity contribution < 1.29 is 9.59 Å². The van der Waals surface area contributed by atoms with Gasteiger partial charge >= 0.3 is 6.03 Å². The van der Waals surface area contributed by atoms with Gasteiger partial charge < -0.3 is 15.5 Å². The number of urea groups is 1. The van der Waals surface area contributed by atoms with Crippen molar-refractivity contribution in [3.8, 4) is 0 Å². The lowest BCUT2D eigenvalue weighted by Gasteiger charge is -2.18. The van der Waals surface area contributed by atoms with E-state index in [1.54, 1.807) is 18.0 Å². The second-order valence-electron chi connectivity index (χ2n) is 7.07. The standard InChI is InChI=1S/C19H23N5O2/c1-24(11-17-14-5-3-2-4-6-16(14)22-23-17)19(26)20-13-7-8-15-12(9-13)10-18(25)21-15/h7-9H,2-6,10-11H2,1H3,(H,20,26)(H,21,25)(H,22,23). The van der Waals surface area contributed by atoms with Crippen molar-refractivity contribution in [3.05, 3.63) is 40.7 Å². The number of nitrogens with zero attached hydrogens (tertiary/aromatic N) is 2. The first-order chi connectivity index (χ1) is 12.6. The molecule has 0 unspecified atom stereocenters. The first kappa shape index (κ1) is 16.6. The van der Waals surface area contributed by atoms with Crippen LogP contribution >= 0.6 is 0 Å². The molecule has 0 radical (unpaired) electrons. The van der Waals surface area contributed by atoms with Crippen LogP contribution in [0.15, 0.2) is 18.2 Å². The van der Waals surface area contributed by atoms with E-state index in [4.69, 9.17) is 0 Å². The third-order valence-corrected chi connectivity index (χ3v) is 5.11. The topological polar surface area (TPSA) is 90.1 Å². The van der Waals surface area contributed by atoms with E-state index < -0.39 is 0 Å². The van der Waals surface area contributed by atoms with E-state index in [-0.39, 0.29) is 11.9 Å². The molecular weight excluding hydrogens is 330 g/mol. The van der Waals surface area contributed by atoms with Gasteiger partial charge in [-0.3, -0.25) is 9.89 Å². The minimum absolute atomic E-state index is 0.0141. The van der Waals surface area contributed by atoms with Crippen LogP contribution < -0.4 is 10.6 Å². The summed E-state index contributed by atoms with van der Waals surface area (Å²) in [7, 11) is 1.77. The maximum Gasteiger partial charge on any atom is 0.321 e. The fourth-order valence-electron chi connectivity index (χ4n) is 3.68. The number of hydrogen-bond acceptors (Lipinski definition) is 3. The van der Waals surface area contributed by atoms with Gasteiger partial charge in [0.2, 0.25) is 5.91 Å². The van der Waals surface area contributed by atoms with Gasteiger partial charge in [-0.1, -0.05) is 6.42 Å². The average molecular weight is 353 g/mol. The quantitative estimate of drug-likeness (QED) is 0.741. The molecule has 0 atom stereocenters. The maximum atomic E-state index is 12.5. The van der Waals surface area contributed by atoms with Gasteiger partial charge in [0.15, 0.2) is 0 Å². The Balaban J connectivity index is 1.42. The Morgan fingerprint density at radius 2 is 2.12 bits per heavy atom. The number of aromatic amines is 1. The second-order valence-corrected chi connectivity index (χ2v) is 7.07. The molecule has 0 saturated carbocycles. The molecule has 7 nitrogen and oxygen atoms in total. The molecule has 7 heteroatoms. The number of anilines is 2. The lowest BCUT2D eigenvalue weighted by Crippen LogP contribution is -2.31. The molecule has 0 spiro atoms. The molecular formula is C19H23N5O2. The van der Waals surface area contributed by atoms with Crippen molar-refractivity contribution >= 4 is 23.3 Å². The first-order valence-electron chi connectivity index (χ1n) is 9.10. The average Bonchev–Trinajstić information content (AvgIpc) is 3.07. The molecule has 4 rings (SSSR count). The summed E-state index contributed by atoms with van der Waals surface area (Å²) in [5.74, 6) is -0.0141. The summed E-state index contributed by atoms with van der Waals surface area (Å²) in [6.45, 7) is 0.475. The Morgan fingerprint density at radius 3 is 3.00 bits per heavy atom. The monoisotopic (exact) mass is 353 g/mol. The number of H-pyrrole nitrogens is 1. The lowest BCUT2D eigenvalue weighted by atomic mass is 10.1. The van der Waals surface area contributed by atoms with Gasteiger partial charge in [0.1, 0.15) is 0 Å². The largest absolute Gasteiger partial charge is 0.326 e. The zero-order chi connectivity index (χ0) is 18.1. The Labute approximate surface area is 152 Å². The Morgan fingerprint density at radius 1 is 1.27 bits per heavy atom. The highest BCUT2D eigenvalue weighted by Gasteiger charge is 2.20. The van der Waals surface area contributed by atoms with E-state index in [1.807, 2.05) is 12.1 Å². The summed E-state index contributed by atoms with van der Waals surface area (Å²) < 4.78 is 0. The minimum Gasteiger partial charge on any atom is -0.326 e. The van der Waals surface area contributed by atoms with Crippen LogP contribution in [0.1, 0.15) is 41.8 Å². The highest BCUT2D eigenvalue weighted by molar-refractivity contribution is 6.00. The summed E-state index contributed by atoms with van der Waals surface area (Å²) in [4.78, 5) is 25.6. The van der Waals surface area contributed by atoms with Crippen molar-refractivity contribution in [2.45, 2.75) is 45.1 Å². The van der Waals surface area contributed by atoms with Gasteiger partial charge in [0, 0.05) is 24.1 Å². The molecule has 3 amide bonds. The number of carbonyl (C=O) groups is 2. The minimum atomic E-state index is -0.187. The molecule has 1 aliphatic heterocycles. The van der Waals surface area contributed by atoms with Crippen molar-refractivity contribution in [1.82, 2.24) is 15.1 Å². The van der Waals surface area contributed by atoms with E-state index in [9.17, 15) is 9.59 Å². The number of carbonyl (C=O) groups excluding carboxylic acids is 2. The number of aryl methyl sites for hydroxylation is 1. The molecule has 3 N–H and O–H groups in total. The Hall–Kier alpha value is -2.83. The molecule has 0 bridgehead atoms. The molecule has 136 valence electrons. The van der Waals surface area contributed by atoms with Crippen molar-refractivity contribution in [3.63, 3.8) is 0 Å². The Kier molecular flexibility index (Phi) is 4.36. The maximum absolute atomic E-state index is 12.5. The fourth-order valence-corrected chi connectivity index (χ4v) is 3.68. The van der Waals surface area contributed by atoms with Gasteiger partial charge in [-0.15, -0.1) is 0 Å². The molecule has 1 aliphatic carbocycles. The second kappa shape index (κ2) is 6.82. The molecule has 2 aromatic rings. The zero-order valence-corrected chi connectivity index (χ0v) is 14.9. The highest BCUT2D eigenvalue weighted by Crippen LogP contribution is 2.26. The van der Waals surface area contributed by atoms with E-state index in [0.29, 0.717) is 18.7 Å². The molecule has 1 aromatic heterocycles. The number of aromatic nitrogens is 2. The molecule has 26 heavy (non-hydrogen) atoms. The van der Waals surface area contributed by atoms with Crippen LogP contribution in [0.3, 0.4) is 0 Å². The Bertz CT molecular complexity index is 858. The summed E-state index contributed by atoms with van der Waals surface area (Å²) in [6.07, 6.45) is 6.04. The van der Waals surface area contributed by atoms with Crippen LogP contribution in [0.25, 0.3) is 0 Å². The zero-order valence-electron chi connectivity index (χ0n) is 14.9. The number of rotatable bonds is 3. The predicted molar refractivity (Wildman–Crippen MR) is 99.1 cm³/mol.